The summed E-state index contributed by atoms with van der Waals surface area (Å²) in [6, 6.07) is 12.0. The van der Waals surface area contributed by atoms with Crippen LogP contribution < -0.4 is 5.56 Å². The van der Waals surface area contributed by atoms with Crippen LogP contribution in [0.25, 0.3) is 21.9 Å². The molecule has 9 heteroatoms. The summed E-state index contributed by atoms with van der Waals surface area (Å²) in [6.07, 6.45) is 2.90. The normalized spacial score (nSPS) is 12.1. The van der Waals surface area contributed by atoms with Crippen molar-refractivity contribution in [3.63, 3.8) is 0 Å². The Morgan fingerprint density at radius 1 is 1.07 bits per heavy atom. The van der Waals surface area contributed by atoms with E-state index in [9.17, 15) is 17.6 Å². The first-order valence-corrected chi connectivity index (χ1v) is 12.2. The van der Waals surface area contributed by atoms with Crippen molar-refractivity contribution in [1.82, 2.24) is 14.1 Å². The average Bonchev–Trinajstić information content (AvgIpc) is 2.99. The molecule has 30 heavy (non-hydrogen) atoms. The van der Waals surface area contributed by atoms with Crippen LogP contribution in [-0.4, -0.2) is 34.5 Å². The van der Waals surface area contributed by atoms with Crippen molar-refractivity contribution in [2.75, 3.05) is 12.0 Å². The number of hydrogen-bond donors (Lipinski definition) is 0. The van der Waals surface area contributed by atoms with Crippen LogP contribution in [0.4, 0.5) is 4.39 Å². The molecule has 0 amide bonds. The van der Waals surface area contributed by atoms with Gasteiger partial charge in [-0.3, -0.25) is 9.36 Å². The van der Waals surface area contributed by atoms with E-state index in [2.05, 4.69) is 20.9 Å². The molecular weight excluding hydrogens is 473 g/mol. The van der Waals surface area contributed by atoms with E-state index in [0.29, 0.717) is 24.0 Å². The molecule has 0 aliphatic heterocycles. The maximum Gasteiger partial charge on any atom is 0.269 e. The predicted octanol–water partition coefficient (Wildman–Crippen LogP) is 3.74. The van der Waals surface area contributed by atoms with Crippen LogP contribution in [0.2, 0.25) is 0 Å². The molecule has 0 N–H and O–H groups in total. The van der Waals surface area contributed by atoms with E-state index in [-0.39, 0.29) is 17.9 Å². The molecule has 0 aliphatic rings. The highest BCUT2D eigenvalue weighted by Gasteiger charge is 2.14. The van der Waals surface area contributed by atoms with Crippen LogP contribution in [0.15, 0.2) is 57.9 Å². The van der Waals surface area contributed by atoms with Gasteiger partial charge in [-0.05, 0) is 48.9 Å². The Morgan fingerprint density at radius 3 is 2.63 bits per heavy atom. The molecule has 4 rings (SSSR count). The number of aryl methyl sites for hydroxylation is 1. The van der Waals surface area contributed by atoms with E-state index >= 15 is 0 Å². The van der Waals surface area contributed by atoms with Crippen molar-refractivity contribution in [1.29, 1.82) is 0 Å². The molecule has 0 spiro atoms. The van der Waals surface area contributed by atoms with Gasteiger partial charge in [-0.2, -0.15) is 0 Å². The van der Waals surface area contributed by atoms with Gasteiger partial charge < -0.3 is 4.57 Å². The zero-order chi connectivity index (χ0) is 21.5. The lowest BCUT2D eigenvalue weighted by Gasteiger charge is -2.14. The maximum absolute atomic E-state index is 13.8. The molecule has 2 aromatic carbocycles. The van der Waals surface area contributed by atoms with Gasteiger partial charge in [-0.15, -0.1) is 0 Å². The van der Waals surface area contributed by atoms with E-state index in [1.807, 2.05) is 28.8 Å². The number of rotatable bonds is 6. The summed E-state index contributed by atoms with van der Waals surface area (Å²) in [5, 5.41) is 0.969. The highest BCUT2D eigenvalue weighted by Crippen LogP contribution is 2.25. The third-order valence-electron chi connectivity index (χ3n) is 4.97. The predicted molar refractivity (Wildman–Crippen MR) is 119 cm³/mol. The molecule has 0 unspecified atom stereocenters. The minimum Gasteiger partial charge on any atom is -0.343 e. The van der Waals surface area contributed by atoms with Crippen molar-refractivity contribution in [2.45, 2.75) is 19.5 Å². The highest BCUT2D eigenvalue weighted by atomic mass is 79.9. The fraction of sp³-hybridized carbons (Fsp3) is 0.238. The van der Waals surface area contributed by atoms with Crippen LogP contribution >= 0.6 is 15.9 Å². The van der Waals surface area contributed by atoms with Crippen molar-refractivity contribution in [3.8, 4) is 0 Å². The minimum absolute atomic E-state index is 0.0754. The number of halogens is 2. The Kier molecular flexibility index (Phi) is 5.50. The van der Waals surface area contributed by atoms with E-state index in [1.165, 1.54) is 29.2 Å². The Bertz CT molecular complexity index is 1430. The Balaban J connectivity index is 1.82. The fourth-order valence-electron chi connectivity index (χ4n) is 3.64. The molecule has 156 valence electrons. The molecular formula is C21H19BrFN3O3S. The molecule has 0 fully saturated rings. The lowest BCUT2D eigenvalue weighted by atomic mass is 10.2. The second kappa shape index (κ2) is 7.96. The first kappa shape index (κ1) is 20.7. The summed E-state index contributed by atoms with van der Waals surface area (Å²) in [5.74, 6) is -0.368. The number of fused-ring (bicyclic) bond motifs is 2. The molecule has 0 saturated carbocycles. The van der Waals surface area contributed by atoms with Gasteiger partial charge >= 0.3 is 0 Å². The Labute approximate surface area is 181 Å². The summed E-state index contributed by atoms with van der Waals surface area (Å²) in [4.78, 5) is 16.7. The molecule has 4 aromatic rings. The minimum atomic E-state index is -3.08. The number of aromatic nitrogens is 3. The van der Waals surface area contributed by atoms with Gasteiger partial charge in [0.1, 0.15) is 15.7 Å². The average molecular weight is 492 g/mol. The number of sulfone groups is 1. The SMILES string of the molecule is CS(=O)(=O)CCCn1c(Cn2c(=O)cnc3ccc(F)cc32)cc2cc(Br)ccc21. The highest BCUT2D eigenvalue weighted by molar-refractivity contribution is 9.10. The van der Waals surface area contributed by atoms with E-state index in [1.54, 1.807) is 6.07 Å². The maximum atomic E-state index is 13.8. The van der Waals surface area contributed by atoms with Crippen LogP contribution in [0.5, 0.6) is 0 Å². The first-order chi connectivity index (χ1) is 14.2. The first-order valence-electron chi connectivity index (χ1n) is 9.32. The summed E-state index contributed by atoms with van der Waals surface area (Å²) < 4.78 is 41.4. The van der Waals surface area contributed by atoms with E-state index in [4.69, 9.17) is 0 Å². The number of hydrogen-bond acceptors (Lipinski definition) is 4. The zero-order valence-electron chi connectivity index (χ0n) is 16.2. The summed E-state index contributed by atoms with van der Waals surface area (Å²) in [5.41, 5.74) is 2.38. The zero-order valence-corrected chi connectivity index (χ0v) is 18.6. The van der Waals surface area contributed by atoms with Gasteiger partial charge in [0.25, 0.3) is 5.56 Å². The molecule has 2 aromatic heterocycles. The molecule has 0 radical (unpaired) electrons. The van der Waals surface area contributed by atoms with E-state index in [0.717, 1.165) is 21.1 Å². The largest absolute Gasteiger partial charge is 0.343 e. The quantitative estimate of drug-likeness (QED) is 0.411. The summed E-state index contributed by atoms with van der Waals surface area (Å²) >= 11 is 3.47. The van der Waals surface area contributed by atoms with Gasteiger partial charge in [0.05, 0.1) is 29.5 Å². The second-order valence-electron chi connectivity index (χ2n) is 7.29. The lowest BCUT2D eigenvalue weighted by Crippen LogP contribution is -2.22. The lowest BCUT2D eigenvalue weighted by molar-refractivity contribution is 0.589. The van der Waals surface area contributed by atoms with Crippen LogP contribution in [0, 0.1) is 5.82 Å². The van der Waals surface area contributed by atoms with Crippen molar-refractivity contribution < 1.29 is 12.8 Å². The van der Waals surface area contributed by atoms with Crippen molar-refractivity contribution >= 4 is 47.7 Å². The number of nitrogens with zero attached hydrogens (tertiary/aromatic N) is 3. The monoisotopic (exact) mass is 491 g/mol. The third kappa shape index (κ3) is 4.32. The standard InChI is InChI=1S/C21H19BrFN3O3S/c1-30(28,29)8-2-7-25-17(10-14-9-15(22)3-6-19(14)25)13-26-20-11-16(23)4-5-18(20)24-12-21(26)27/h3-6,9-12H,2,7-8,13H2,1H3. The third-order valence-corrected chi connectivity index (χ3v) is 6.50. The molecule has 2 heterocycles. The van der Waals surface area contributed by atoms with Crippen LogP contribution in [0.3, 0.4) is 0 Å². The Hall–Kier alpha value is -2.52. The molecule has 0 aliphatic carbocycles. The fourth-order valence-corrected chi connectivity index (χ4v) is 4.67. The van der Waals surface area contributed by atoms with Gasteiger partial charge in [-0.1, -0.05) is 15.9 Å². The van der Waals surface area contributed by atoms with Gasteiger partial charge in [0.2, 0.25) is 0 Å². The van der Waals surface area contributed by atoms with Crippen LogP contribution in [0.1, 0.15) is 12.1 Å². The molecule has 0 atom stereocenters. The van der Waals surface area contributed by atoms with Gasteiger partial charge in [0, 0.05) is 33.9 Å². The smallest absolute Gasteiger partial charge is 0.269 e. The van der Waals surface area contributed by atoms with Gasteiger partial charge in [0.15, 0.2) is 0 Å². The van der Waals surface area contributed by atoms with E-state index < -0.39 is 15.7 Å². The number of benzene rings is 2. The van der Waals surface area contributed by atoms with Gasteiger partial charge in [-0.25, -0.2) is 17.8 Å². The Morgan fingerprint density at radius 2 is 1.87 bits per heavy atom. The van der Waals surface area contributed by atoms with Crippen molar-refractivity contribution in [3.05, 3.63) is 75.0 Å². The second-order valence-corrected chi connectivity index (χ2v) is 10.5. The molecule has 6 nitrogen and oxygen atoms in total. The van der Waals surface area contributed by atoms with Crippen molar-refractivity contribution in [2.24, 2.45) is 0 Å². The van der Waals surface area contributed by atoms with Crippen LogP contribution in [-0.2, 0) is 22.9 Å². The summed E-state index contributed by atoms with van der Waals surface area (Å²) in [6.45, 7) is 0.701. The summed E-state index contributed by atoms with van der Waals surface area (Å²) in [7, 11) is -3.08. The topological polar surface area (TPSA) is 74.0 Å². The molecule has 0 bridgehead atoms. The molecule has 0 saturated heterocycles.